The fourth-order valence-corrected chi connectivity index (χ4v) is 3.53. The lowest BCUT2D eigenvalue weighted by molar-refractivity contribution is -0.131. The number of aliphatic carboxylic acids is 1. The largest absolute Gasteiger partial charge is 0.478 e. The van der Waals surface area contributed by atoms with Crippen molar-refractivity contribution in [3.63, 3.8) is 0 Å². The van der Waals surface area contributed by atoms with Gasteiger partial charge in [0.25, 0.3) is 0 Å². The van der Waals surface area contributed by atoms with Crippen molar-refractivity contribution in [2.45, 2.75) is 32.7 Å². The highest BCUT2D eigenvalue weighted by Crippen LogP contribution is 2.25. The summed E-state index contributed by atoms with van der Waals surface area (Å²) in [6.45, 7) is 5.56. The fourth-order valence-electron chi connectivity index (χ4n) is 2.62. The predicted octanol–water partition coefficient (Wildman–Crippen LogP) is 3.47. The molecular weight excluding hydrogens is 258 g/mol. The average molecular weight is 279 g/mol. The molecule has 1 saturated heterocycles. The average Bonchev–Trinajstić information content (AvgIpc) is 2.84. The van der Waals surface area contributed by atoms with Crippen LogP contribution >= 0.6 is 11.3 Å². The summed E-state index contributed by atoms with van der Waals surface area (Å²) in [5.41, 5.74) is 1.05. The predicted molar refractivity (Wildman–Crippen MR) is 79.3 cm³/mol. The van der Waals surface area contributed by atoms with Crippen LogP contribution in [0, 0.1) is 5.92 Å². The number of carbonyl (C=O) groups is 1. The lowest BCUT2D eigenvalue weighted by Crippen LogP contribution is -2.34. The molecular formula is C15H21NO2S. The number of carboxylic acids is 1. The molecule has 0 radical (unpaired) electrons. The zero-order chi connectivity index (χ0) is 13.7. The molecule has 0 spiro atoms. The third-order valence-electron chi connectivity index (χ3n) is 3.73. The van der Waals surface area contributed by atoms with E-state index in [9.17, 15) is 4.79 Å². The summed E-state index contributed by atoms with van der Waals surface area (Å²) in [6, 6.07) is 2.00. The molecule has 1 unspecified atom stereocenters. The second-order valence-corrected chi connectivity index (χ2v) is 6.12. The van der Waals surface area contributed by atoms with Crippen molar-refractivity contribution in [2.75, 3.05) is 13.1 Å². The minimum Gasteiger partial charge on any atom is -0.478 e. The Hall–Kier alpha value is -1.13. The molecule has 0 saturated carbocycles. The molecule has 1 aromatic heterocycles. The number of hydrogen-bond acceptors (Lipinski definition) is 3. The van der Waals surface area contributed by atoms with E-state index in [0.717, 1.165) is 24.6 Å². The van der Waals surface area contributed by atoms with Crippen LogP contribution < -0.4 is 0 Å². The third kappa shape index (κ3) is 4.18. The maximum Gasteiger partial charge on any atom is 0.328 e. The highest BCUT2D eigenvalue weighted by atomic mass is 32.1. The van der Waals surface area contributed by atoms with Gasteiger partial charge < -0.3 is 5.11 Å². The van der Waals surface area contributed by atoms with Crippen molar-refractivity contribution in [3.05, 3.63) is 28.0 Å². The summed E-state index contributed by atoms with van der Waals surface area (Å²) in [7, 11) is 0. The molecule has 1 N–H and O–H groups in total. The number of rotatable bonds is 5. The second kappa shape index (κ2) is 6.87. The van der Waals surface area contributed by atoms with Gasteiger partial charge in [-0.05, 0) is 48.4 Å². The number of piperidine rings is 1. The Labute approximate surface area is 118 Å². The lowest BCUT2D eigenvalue weighted by atomic mass is 9.95. The number of nitrogens with zero attached hydrogens (tertiary/aromatic N) is 1. The van der Waals surface area contributed by atoms with Gasteiger partial charge in [-0.3, -0.25) is 4.90 Å². The quantitative estimate of drug-likeness (QED) is 0.839. The topological polar surface area (TPSA) is 40.5 Å². The van der Waals surface area contributed by atoms with Crippen molar-refractivity contribution in [1.29, 1.82) is 0 Å². The van der Waals surface area contributed by atoms with Crippen LogP contribution in [0.4, 0.5) is 0 Å². The highest BCUT2D eigenvalue weighted by molar-refractivity contribution is 7.10. The first-order valence-corrected chi connectivity index (χ1v) is 7.76. The van der Waals surface area contributed by atoms with Crippen LogP contribution in [0.3, 0.4) is 0 Å². The molecule has 3 nitrogen and oxygen atoms in total. The molecule has 2 heterocycles. The first-order valence-electron chi connectivity index (χ1n) is 6.88. The molecule has 0 bridgehead atoms. The van der Waals surface area contributed by atoms with Crippen molar-refractivity contribution in [3.8, 4) is 0 Å². The van der Waals surface area contributed by atoms with E-state index in [4.69, 9.17) is 5.11 Å². The van der Waals surface area contributed by atoms with Gasteiger partial charge in [0, 0.05) is 24.0 Å². The molecule has 104 valence electrons. The van der Waals surface area contributed by atoms with Gasteiger partial charge >= 0.3 is 5.97 Å². The lowest BCUT2D eigenvalue weighted by Gasteiger charge is -2.32. The van der Waals surface area contributed by atoms with E-state index >= 15 is 0 Å². The van der Waals surface area contributed by atoms with Crippen LogP contribution in [0.1, 0.15) is 36.6 Å². The minimum atomic E-state index is -0.888. The molecule has 1 atom stereocenters. The Morgan fingerprint density at radius 3 is 3.21 bits per heavy atom. The Morgan fingerprint density at radius 2 is 2.47 bits per heavy atom. The van der Waals surface area contributed by atoms with E-state index in [1.54, 1.807) is 17.4 Å². The van der Waals surface area contributed by atoms with Gasteiger partial charge in [-0.25, -0.2) is 4.79 Å². The van der Waals surface area contributed by atoms with Crippen LogP contribution in [0.15, 0.2) is 17.5 Å². The van der Waals surface area contributed by atoms with Gasteiger partial charge in [-0.15, -0.1) is 11.3 Å². The highest BCUT2D eigenvalue weighted by Gasteiger charge is 2.19. The number of likely N-dealkylation sites (tertiary alicyclic amines) is 1. The van der Waals surface area contributed by atoms with Crippen LogP contribution in [0.5, 0.6) is 0 Å². The maximum absolute atomic E-state index is 10.6. The smallest absolute Gasteiger partial charge is 0.328 e. The molecule has 4 heteroatoms. The molecule has 1 aliphatic rings. The van der Waals surface area contributed by atoms with Gasteiger partial charge in [0.05, 0.1) is 0 Å². The summed E-state index contributed by atoms with van der Waals surface area (Å²) in [5, 5.41) is 10.7. The van der Waals surface area contributed by atoms with Crippen LogP contribution in [0.25, 0.3) is 6.08 Å². The summed E-state index contributed by atoms with van der Waals surface area (Å²) >= 11 is 1.72. The fraction of sp³-hybridized carbons (Fsp3) is 0.533. The van der Waals surface area contributed by atoms with Crippen molar-refractivity contribution >= 4 is 23.4 Å². The zero-order valence-electron chi connectivity index (χ0n) is 11.3. The van der Waals surface area contributed by atoms with Gasteiger partial charge in [0.15, 0.2) is 0 Å². The molecule has 1 fully saturated rings. The Morgan fingerprint density at radius 1 is 1.63 bits per heavy atom. The molecule has 0 aromatic carbocycles. The van der Waals surface area contributed by atoms with Gasteiger partial charge in [0.2, 0.25) is 0 Å². The van der Waals surface area contributed by atoms with E-state index in [1.165, 1.54) is 36.8 Å². The first kappa shape index (κ1) is 14.3. The van der Waals surface area contributed by atoms with Gasteiger partial charge in [-0.2, -0.15) is 0 Å². The molecule has 0 aliphatic carbocycles. The Balaban J connectivity index is 1.99. The Kier molecular flexibility index (Phi) is 5.16. The summed E-state index contributed by atoms with van der Waals surface area (Å²) in [5.74, 6) is -0.0621. The number of carboxylic acid groups (broad SMARTS) is 1. The standard InChI is InChI=1S/C15H21NO2S/c1-2-12-4-3-8-16(10-12)11-14-13(7-9-19-14)5-6-15(17)18/h5-7,9,12H,2-4,8,10-11H2,1H3,(H,17,18)/b6-5+. The maximum atomic E-state index is 10.6. The van der Waals surface area contributed by atoms with E-state index in [2.05, 4.69) is 11.8 Å². The van der Waals surface area contributed by atoms with Crippen LogP contribution in [-0.2, 0) is 11.3 Å². The van der Waals surface area contributed by atoms with Gasteiger partial charge in [0.1, 0.15) is 0 Å². The zero-order valence-corrected chi connectivity index (χ0v) is 12.2. The third-order valence-corrected chi connectivity index (χ3v) is 4.65. The summed E-state index contributed by atoms with van der Waals surface area (Å²) in [6.07, 6.45) is 6.81. The molecule has 1 aliphatic heterocycles. The second-order valence-electron chi connectivity index (χ2n) is 5.12. The normalized spacial score (nSPS) is 21.0. The first-order chi connectivity index (χ1) is 9.19. The number of thiophene rings is 1. The minimum absolute atomic E-state index is 0.826. The van der Waals surface area contributed by atoms with E-state index in [1.807, 2.05) is 11.4 Å². The molecule has 1 aromatic rings. The van der Waals surface area contributed by atoms with Crippen molar-refractivity contribution < 1.29 is 9.90 Å². The molecule has 0 amide bonds. The van der Waals surface area contributed by atoms with E-state index < -0.39 is 5.97 Å². The Bertz CT molecular complexity index is 453. The monoisotopic (exact) mass is 279 g/mol. The van der Waals surface area contributed by atoms with E-state index in [-0.39, 0.29) is 0 Å². The molecule has 2 rings (SSSR count). The van der Waals surface area contributed by atoms with Gasteiger partial charge in [-0.1, -0.05) is 13.3 Å². The number of hydrogen-bond donors (Lipinski definition) is 1. The van der Waals surface area contributed by atoms with Crippen molar-refractivity contribution in [2.24, 2.45) is 5.92 Å². The van der Waals surface area contributed by atoms with E-state index in [0.29, 0.717) is 0 Å². The van der Waals surface area contributed by atoms with Crippen LogP contribution in [0.2, 0.25) is 0 Å². The van der Waals surface area contributed by atoms with Crippen molar-refractivity contribution in [1.82, 2.24) is 4.90 Å². The SMILES string of the molecule is CCC1CCCN(Cc2sccc2/C=C/C(=O)O)C1. The molecule has 19 heavy (non-hydrogen) atoms. The summed E-state index contributed by atoms with van der Waals surface area (Å²) in [4.78, 5) is 14.4. The van der Waals surface area contributed by atoms with Crippen LogP contribution in [-0.4, -0.2) is 29.1 Å². The summed E-state index contributed by atoms with van der Waals surface area (Å²) < 4.78 is 0.